The lowest BCUT2D eigenvalue weighted by Gasteiger charge is -2.25. The van der Waals surface area contributed by atoms with Crippen LogP contribution in [0, 0.1) is 6.92 Å². The van der Waals surface area contributed by atoms with Crippen molar-refractivity contribution in [3.8, 4) is 22.8 Å². The van der Waals surface area contributed by atoms with Crippen molar-refractivity contribution in [1.82, 2.24) is 20.1 Å². The van der Waals surface area contributed by atoms with Gasteiger partial charge in [0.25, 0.3) is 0 Å². The molecule has 9 nitrogen and oxygen atoms in total. The minimum atomic E-state index is -4.76. The summed E-state index contributed by atoms with van der Waals surface area (Å²) in [6.07, 6.45) is -1.18. The normalized spacial score (nSPS) is 17.5. The molecule has 1 aliphatic heterocycles. The number of aliphatic imine (C=N–C) groups is 1. The van der Waals surface area contributed by atoms with E-state index in [1.54, 1.807) is 4.90 Å². The number of benzene rings is 3. The highest BCUT2D eigenvalue weighted by Gasteiger charge is 2.33. The van der Waals surface area contributed by atoms with Gasteiger partial charge in [0.05, 0.1) is 17.1 Å². The van der Waals surface area contributed by atoms with Crippen molar-refractivity contribution in [3.05, 3.63) is 89.2 Å². The number of rotatable bonds is 6. The number of amides is 3. The second-order valence-electron chi connectivity index (χ2n) is 11.6. The first-order chi connectivity index (χ1) is 21.9. The van der Waals surface area contributed by atoms with Crippen LogP contribution in [-0.2, 0) is 17.6 Å². The Morgan fingerprint density at radius 1 is 1.09 bits per heavy atom. The van der Waals surface area contributed by atoms with Crippen molar-refractivity contribution < 1.29 is 27.5 Å². The predicted molar refractivity (Wildman–Crippen MR) is 170 cm³/mol. The van der Waals surface area contributed by atoms with E-state index in [1.807, 2.05) is 43.3 Å². The number of halogens is 3. The Morgan fingerprint density at radius 3 is 2.61 bits per heavy atom. The molecule has 3 aromatic carbocycles. The highest BCUT2D eigenvalue weighted by atomic mass is 32.2. The van der Waals surface area contributed by atoms with Crippen LogP contribution in [0.5, 0.6) is 5.75 Å². The van der Waals surface area contributed by atoms with Gasteiger partial charge >= 0.3 is 12.4 Å². The van der Waals surface area contributed by atoms with Gasteiger partial charge in [0.1, 0.15) is 12.1 Å². The molecule has 13 heteroatoms. The summed E-state index contributed by atoms with van der Waals surface area (Å²) >= 11 is 1.27. The highest BCUT2D eigenvalue weighted by molar-refractivity contribution is 8.15. The van der Waals surface area contributed by atoms with Gasteiger partial charge < -0.3 is 10.1 Å². The lowest BCUT2D eigenvalue weighted by Crippen LogP contribution is -2.38. The number of anilines is 1. The lowest BCUT2D eigenvalue weighted by molar-refractivity contribution is -0.274. The molecule has 0 bridgehead atoms. The average Bonchev–Trinajstić information content (AvgIpc) is 3.63. The molecule has 1 aromatic heterocycles. The lowest BCUT2D eigenvalue weighted by atomic mass is 9.87. The van der Waals surface area contributed by atoms with E-state index >= 15 is 0 Å². The van der Waals surface area contributed by atoms with E-state index in [4.69, 9.17) is 0 Å². The second-order valence-corrected chi connectivity index (χ2v) is 12.5. The Bertz CT molecular complexity index is 1820. The van der Waals surface area contributed by atoms with Crippen LogP contribution in [0.2, 0.25) is 0 Å². The zero-order chi connectivity index (χ0) is 32.6. The smallest absolute Gasteiger partial charge is 0.406 e. The first kappa shape index (κ1) is 31.3. The van der Waals surface area contributed by atoms with Crippen molar-refractivity contribution in [2.45, 2.75) is 58.4 Å². The zero-order valence-electron chi connectivity index (χ0n) is 25.3. The molecule has 3 amide bonds. The maximum absolute atomic E-state index is 13.1. The van der Waals surface area contributed by atoms with Crippen molar-refractivity contribution in [2.75, 3.05) is 10.7 Å². The first-order valence-electron chi connectivity index (χ1n) is 14.8. The van der Waals surface area contributed by atoms with Crippen LogP contribution in [0.4, 0.5) is 23.7 Å². The van der Waals surface area contributed by atoms with Crippen LogP contribution in [-0.4, -0.2) is 50.0 Å². The van der Waals surface area contributed by atoms with Gasteiger partial charge in [0, 0.05) is 11.6 Å². The Kier molecular flexibility index (Phi) is 8.60. The van der Waals surface area contributed by atoms with E-state index in [0.29, 0.717) is 29.5 Å². The van der Waals surface area contributed by atoms with Crippen molar-refractivity contribution in [3.63, 3.8) is 0 Å². The Hall–Kier alpha value is -4.65. The molecule has 1 atom stereocenters. The summed E-state index contributed by atoms with van der Waals surface area (Å²) in [5.41, 5.74) is 6.39. The van der Waals surface area contributed by atoms with Gasteiger partial charge in [-0.1, -0.05) is 49.9 Å². The molecule has 2 aliphatic rings. The van der Waals surface area contributed by atoms with E-state index in [1.165, 1.54) is 47.0 Å². The highest BCUT2D eigenvalue weighted by Crippen LogP contribution is 2.34. The molecular weight excluding hydrogens is 617 g/mol. The van der Waals surface area contributed by atoms with Crippen molar-refractivity contribution >= 4 is 34.6 Å². The summed E-state index contributed by atoms with van der Waals surface area (Å²) in [5, 5.41) is 7.91. The number of amidine groups is 1. The SMILES string of the molecule is Cc1ccc(C(C)C)c(N2C(=O)CS/C2=N\C(=O)NC2CCc3cc(-c4ncn(-c5ccc(OC(F)(F)F)cc5)n4)ccc3C2)c1. The molecule has 1 unspecified atom stereocenters. The van der Waals surface area contributed by atoms with Gasteiger partial charge in [-0.25, -0.2) is 14.5 Å². The minimum absolute atomic E-state index is 0.0980. The topological polar surface area (TPSA) is 102 Å². The number of fused-ring (bicyclic) bond motifs is 1. The number of nitrogens with zero attached hydrogens (tertiary/aromatic N) is 5. The molecule has 1 saturated heterocycles. The van der Waals surface area contributed by atoms with Crippen LogP contribution in [0.3, 0.4) is 0 Å². The molecule has 238 valence electrons. The molecule has 0 radical (unpaired) electrons. The number of hydrogen-bond acceptors (Lipinski definition) is 6. The van der Waals surface area contributed by atoms with E-state index in [9.17, 15) is 22.8 Å². The van der Waals surface area contributed by atoms with Crippen molar-refractivity contribution in [2.24, 2.45) is 4.99 Å². The van der Waals surface area contributed by atoms with Crippen LogP contribution >= 0.6 is 11.8 Å². The fraction of sp³-hybridized carbons (Fsp3) is 0.303. The van der Waals surface area contributed by atoms with E-state index in [2.05, 4.69) is 39.0 Å². The van der Waals surface area contributed by atoms with E-state index in [0.717, 1.165) is 39.9 Å². The summed E-state index contributed by atoms with van der Waals surface area (Å²) < 4.78 is 42.8. The predicted octanol–water partition coefficient (Wildman–Crippen LogP) is 6.97. The summed E-state index contributed by atoms with van der Waals surface area (Å²) in [6, 6.07) is 16.7. The van der Waals surface area contributed by atoms with Gasteiger partial charge in [0.15, 0.2) is 11.0 Å². The zero-order valence-corrected chi connectivity index (χ0v) is 26.2. The molecular formula is C33H31F3N6O3S. The minimum Gasteiger partial charge on any atom is -0.406 e. The van der Waals surface area contributed by atoms with Gasteiger partial charge in [-0.3, -0.25) is 9.69 Å². The largest absolute Gasteiger partial charge is 0.573 e. The second kappa shape index (κ2) is 12.6. The molecule has 46 heavy (non-hydrogen) atoms. The quantitative estimate of drug-likeness (QED) is 0.243. The molecule has 2 heterocycles. The summed E-state index contributed by atoms with van der Waals surface area (Å²) in [7, 11) is 0. The third kappa shape index (κ3) is 6.94. The maximum atomic E-state index is 13.1. The van der Waals surface area contributed by atoms with Gasteiger partial charge in [0.2, 0.25) is 5.91 Å². The van der Waals surface area contributed by atoms with E-state index < -0.39 is 12.4 Å². The Labute approximate surface area is 267 Å². The number of alkyl halides is 3. The van der Waals surface area contributed by atoms with Gasteiger partial charge in [-0.2, -0.15) is 4.99 Å². The monoisotopic (exact) mass is 648 g/mol. The van der Waals surface area contributed by atoms with Crippen molar-refractivity contribution in [1.29, 1.82) is 0 Å². The standard InChI is InChI=1S/C33H31F3N6O3S/c1-19(2)27-13-4-20(3)14-28(27)42-29(43)17-46-32(42)39-31(44)38-24-8-7-21-15-23(6-5-22(21)16-24)30-37-18-41(40-30)25-9-11-26(12-10-25)45-33(34,35)36/h4-6,9-15,18-19,24H,7-8,16-17H2,1-3H3,(H,38,44)/b39-32-. The molecule has 0 saturated carbocycles. The number of aromatic nitrogens is 3. The Balaban J connectivity index is 1.11. The summed E-state index contributed by atoms with van der Waals surface area (Å²) in [4.78, 5) is 36.2. The summed E-state index contributed by atoms with van der Waals surface area (Å²) in [5.74, 6) is 0.491. The molecule has 4 aromatic rings. The number of thioether (sulfide) groups is 1. The number of ether oxygens (including phenoxy) is 1. The Morgan fingerprint density at radius 2 is 1.87 bits per heavy atom. The van der Waals surface area contributed by atoms with Crippen LogP contribution < -0.4 is 15.0 Å². The molecule has 1 fully saturated rings. The number of carbonyl (C=O) groups is 2. The third-order valence-corrected chi connectivity index (χ3v) is 8.78. The number of hydrogen-bond donors (Lipinski definition) is 1. The first-order valence-corrected chi connectivity index (χ1v) is 15.8. The van der Waals surface area contributed by atoms with Crippen LogP contribution in [0.1, 0.15) is 48.4 Å². The molecule has 6 rings (SSSR count). The van der Waals surface area contributed by atoms with Crippen LogP contribution in [0.25, 0.3) is 17.1 Å². The maximum Gasteiger partial charge on any atom is 0.573 e. The average molecular weight is 649 g/mol. The number of aryl methyl sites for hydroxylation is 2. The fourth-order valence-corrected chi connectivity index (χ4v) is 6.51. The van der Waals surface area contributed by atoms with Gasteiger partial charge in [-0.05, 0) is 90.8 Å². The number of carbonyl (C=O) groups excluding carboxylic acids is 2. The molecule has 0 spiro atoms. The van der Waals surface area contributed by atoms with E-state index in [-0.39, 0.29) is 29.4 Å². The molecule has 1 N–H and O–H groups in total. The third-order valence-electron chi connectivity index (χ3n) is 7.86. The summed E-state index contributed by atoms with van der Waals surface area (Å²) in [6.45, 7) is 6.11. The van der Waals surface area contributed by atoms with Gasteiger partial charge in [-0.15, -0.1) is 18.3 Å². The fourth-order valence-electron chi connectivity index (χ4n) is 5.65. The number of urea groups is 1. The number of nitrogens with one attached hydrogen (secondary N) is 1. The van der Waals surface area contributed by atoms with Crippen LogP contribution in [0.15, 0.2) is 72.0 Å². The molecule has 1 aliphatic carbocycles.